The molecule has 0 bridgehead atoms. The maximum Gasteiger partial charge on any atom is 0.0541 e. The molecule has 2 aromatic heterocycles. The van der Waals surface area contributed by atoms with Crippen LogP contribution in [0.3, 0.4) is 0 Å². The van der Waals surface area contributed by atoms with E-state index in [0.29, 0.717) is 0 Å². The molecule has 6 aromatic carbocycles. The zero-order valence-corrected chi connectivity index (χ0v) is 20.8. The second kappa shape index (κ2) is 9.04. The molecule has 2 heterocycles. The average molecular weight is 501 g/mol. The lowest BCUT2D eigenvalue weighted by atomic mass is 10.0. The number of fused-ring (bicyclic) bond motifs is 6. The van der Waals surface area contributed by atoms with E-state index < -0.39 is 0 Å². The van der Waals surface area contributed by atoms with Crippen molar-refractivity contribution in [2.24, 2.45) is 0 Å². The van der Waals surface area contributed by atoms with E-state index in [1.807, 2.05) is 0 Å². The van der Waals surface area contributed by atoms with Crippen molar-refractivity contribution in [3.63, 3.8) is 0 Å². The molecule has 186 valence electrons. The van der Waals surface area contributed by atoms with Gasteiger partial charge in [0.15, 0.2) is 0 Å². The Morgan fingerprint density at radius 2 is 0.538 bits per heavy atom. The first-order valence-electron chi connectivity index (χ1n) is 13.0. The molecule has 0 aliphatic rings. The Labute approximate surface area is 228 Å². The molecular weight excluding hydrogens is 472 g/mol. The molecule has 8 rings (SSSR count). The summed E-state index contributed by atoms with van der Waals surface area (Å²) in [6.07, 6.45) is 0. The van der Waals surface area contributed by atoms with E-state index >= 15 is 0 Å². The third-order valence-electron chi connectivity index (χ3n) is 7.74. The van der Waals surface area contributed by atoms with Gasteiger partial charge in [0.25, 0.3) is 0 Å². The summed E-state index contributed by atoms with van der Waals surface area (Å²) in [5.74, 6) is 0. The fraction of sp³-hybridized carbons (Fsp3) is 0.0270. The molecule has 0 atom stereocenters. The summed E-state index contributed by atoms with van der Waals surface area (Å²) in [6.45, 7) is 0. The topological polar surface area (TPSA) is 9.86 Å². The minimum absolute atomic E-state index is 0. The van der Waals surface area contributed by atoms with Crippen molar-refractivity contribution in [2.45, 2.75) is 7.43 Å². The van der Waals surface area contributed by atoms with Gasteiger partial charge in [-0.05, 0) is 59.7 Å². The second-order valence-electron chi connectivity index (χ2n) is 9.83. The molecule has 2 nitrogen and oxygen atoms in total. The van der Waals surface area contributed by atoms with E-state index in [9.17, 15) is 0 Å². The van der Waals surface area contributed by atoms with Crippen LogP contribution in [0, 0.1) is 0 Å². The molecule has 0 aliphatic carbocycles. The lowest BCUT2D eigenvalue weighted by molar-refractivity contribution is 1.18. The minimum atomic E-state index is 0. The molecule has 8 aromatic rings. The van der Waals surface area contributed by atoms with Crippen molar-refractivity contribution in [3.8, 4) is 22.5 Å². The van der Waals surface area contributed by atoms with Gasteiger partial charge >= 0.3 is 0 Å². The lowest BCUT2D eigenvalue weighted by Crippen LogP contribution is -1.94. The SMILES string of the molecule is C.c1ccc2c(c1)c1ccccc1n2-c1ccc(-c2ccc(-n3c4ccccc4c4ccccc43)cc2)cc1. The van der Waals surface area contributed by atoms with Crippen molar-refractivity contribution in [3.05, 3.63) is 146 Å². The zero-order chi connectivity index (χ0) is 25.1. The summed E-state index contributed by atoms with van der Waals surface area (Å²) in [7, 11) is 0. The highest BCUT2D eigenvalue weighted by Gasteiger charge is 2.13. The maximum atomic E-state index is 2.36. The Bertz CT molecular complexity index is 1840. The standard InChI is InChI=1S/C36H24N2.CH4/c1-5-13-33-29(9-1)30-10-2-6-14-34(30)37(33)27-21-17-25(18-22-27)26-19-23-28(24-20-26)38-35-15-7-3-11-31(35)32-12-4-8-16-36(32)38;/h1-24H;1H4. The summed E-state index contributed by atoms with van der Waals surface area (Å²) in [6, 6.07) is 52.4. The number of rotatable bonds is 3. The van der Waals surface area contributed by atoms with Crippen LogP contribution in [0.2, 0.25) is 0 Å². The summed E-state index contributed by atoms with van der Waals surface area (Å²) >= 11 is 0. The fourth-order valence-corrected chi connectivity index (χ4v) is 6.01. The van der Waals surface area contributed by atoms with Gasteiger partial charge in [0.05, 0.1) is 22.1 Å². The summed E-state index contributed by atoms with van der Waals surface area (Å²) in [5.41, 5.74) is 9.70. The highest BCUT2D eigenvalue weighted by atomic mass is 15.0. The number of hydrogen-bond acceptors (Lipinski definition) is 0. The van der Waals surface area contributed by atoms with E-state index in [4.69, 9.17) is 0 Å². The molecule has 0 N–H and O–H groups in total. The molecular formula is C37H28N2. The Kier molecular flexibility index (Phi) is 5.35. The molecule has 0 aliphatic heterocycles. The largest absolute Gasteiger partial charge is 0.309 e. The molecule has 2 heteroatoms. The second-order valence-corrected chi connectivity index (χ2v) is 9.83. The Balaban J connectivity index is 0.00000253. The molecule has 0 saturated carbocycles. The van der Waals surface area contributed by atoms with Crippen LogP contribution < -0.4 is 0 Å². The normalized spacial score (nSPS) is 11.4. The van der Waals surface area contributed by atoms with Gasteiger partial charge < -0.3 is 9.13 Å². The number of para-hydroxylation sites is 4. The van der Waals surface area contributed by atoms with Gasteiger partial charge in [-0.3, -0.25) is 0 Å². The molecule has 0 radical (unpaired) electrons. The van der Waals surface area contributed by atoms with Crippen LogP contribution in [0.1, 0.15) is 7.43 Å². The van der Waals surface area contributed by atoms with Gasteiger partial charge in [0.1, 0.15) is 0 Å². The lowest BCUT2D eigenvalue weighted by Gasteiger charge is -2.11. The van der Waals surface area contributed by atoms with Gasteiger partial charge in [-0.25, -0.2) is 0 Å². The van der Waals surface area contributed by atoms with E-state index in [0.717, 1.165) is 0 Å². The van der Waals surface area contributed by atoms with Gasteiger partial charge in [-0.15, -0.1) is 0 Å². The smallest absolute Gasteiger partial charge is 0.0541 e. The van der Waals surface area contributed by atoms with Gasteiger partial charge in [0.2, 0.25) is 0 Å². The number of hydrogen-bond donors (Lipinski definition) is 0. The Morgan fingerprint density at radius 1 is 0.282 bits per heavy atom. The zero-order valence-electron chi connectivity index (χ0n) is 20.8. The quantitative estimate of drug-likeness (QED) is 0.228. The first kappa shape index (κ1) is 23.1. The van der Waals surface area contributed by atoms with Gasteiger partial charge in [0, 0.05) is 32.9 Å². The minimum Gasteiger partial charge on any atom is -0.309 e. The van der Waals surface area contributed by atoms with E-state index in [-0.39, 0.29) is 7.43 Å². The van der Waals surface area contributed by atoms with E-state index in [2.05, 4.69) is 155 Å². The number of benzene rings is 6. The van der Waals surface area contributed by atoms with Crippen molar-refractivity contribution in [1.29, 1.82) is 0 Å². The summed E-state index contributed by atoms with van der Waals surface area (Å²) in [5, 5.41) is 5.14. The molecule has 0 amide bonds. The van der Waals surface area contributed by atoms with Crippen LogP contribution in [0.5, 0.6) is 0 Å². The number of aromatic nitrogens is 2. The van der Waals surface area contributed by atoms with Crippen molar-refractivity contribution in [2.75, 3.05) is 0 Å². The Morgan fingerprint density at radius 3 is 0.821 bits per heavy atom. The van der Waals surface area contributed by atoms with Crippen molar-refractivity contribution in [1.82, 2.24) is 9.13 Å². The van der Waals surface area contributed by atoms with E-state index in [1.54, 1.807) is 0 Å². The molecule has 0 spiro atoms. The Hall–Kier alpha value is -5.08. The molecule has 0 saturated heterocycles. The highest BCUT2D eigenvalue weighted by Crippen LogP contribution is 2.34. The third kappa shape index (κ3) is 3.49. The summed E-state index contributed by atoms with van der Waals surface area (Å²) < 4.78 is 4.72. The first-order chi connectivity index (χ1) is 18.9. The molecule has 0 unspecified atom stereocenters. The van der Waals surface area contributed by atoms with Crippen LogP contribution >= 0.6 is 0 Å². The predicted octanol–water partition coefficient (Wildman–Crippen LogP) is 10.2. The summed E-state index contributed by atoms with van der Waals surface area (Å²) in [4.78, 5) is 0. The van der Waals surface area contributed by atoms with Gasteiger partial charge in [-0.1, -0.05) is 104 Å². The average Bonchev–Trinajstić information content (AvgIpc) is 3.51. The number of nitrogens with zero attached hydrogens (tertiary/aromatic N) is 2. The van der Waals surface area contributed by atoms with Crippen LogP contribution in [-0.2, 0) is 0 Å². The van der Waals surface area contributed by atoms with Crippen molar-refractivity contribution >= 4 is 43.6 Å². The maximum absolute atomic E-state index is 2.36. The third-order valence-corrected chi connectivity index (χ3v) is 7.74. The van der Waals surface area contributed by atoms with Crippen LogP contribution in [0.4, 0.5) is 0 Å². The molecule has 39 heavy (non-hydrogen) atoms. The van der Waals surface area contributed by atoms with Crippen LogP contribution in [0.25, 0.3) is 66.1 Å². The monoisotopic (exact) mass is 500 g/mol. The fourth-order valence-electron chi connectivity index (χ4n) is 6.01. The predicted molar refractivity (Wildman–Crippen MR) is 167 cm³/mol. The van der Waals surface area contributed by atoms with Crippen LogP contribution in [0.15, 0.2) is 146 Å². The highest BCUT2D eigenvalue weighted by molar-refractivity contribution is 6.10. The van der Waals surface area contributed by atoms with E-state index in [1.165, 1.54) is 66.1 Å². The van der Waals surface area contributed by atoms with Crippen molar-refractivity contribution < 1.29 is 0 Å². The molecule has 0 fully saturated rings. The van der Waals surface area contributed by atoms with Crippen LogP contribution in [-0.4, -0.2) is 9.13 Å². The first-order valence-corrected chi connectivity index (χ1v) is 13.0. The van der Waals surface area contributed by atoms with Gasteiger partial charge in [-0.2, -0.15) is 0 Å².